The van der Waals surface area contributed by atoms with E-state index in [0.29, 0.717) is 12.1 Å². The molecule has 1 heterocycles. The maximum atomic E-state index is 13.4. The van der Waals surface area contributed by atoms with E-state index in [0.717, 1.165) is 12.5 Å². The minimum absolute atomic E-state index is 0.0163. The molecule has 0 amide bonds. The van der Waals surface area contributed by atoms with Crippen LogP contribution < -0.4 is 5.43 Å². The molecular formula is C12H10F3NO. The van der Waals surface area contributed by atoms with Gasteiger partial charge in [0.25, 0.3) is 0 Å². The highest BCUT2D eigenvalue weighted by atomic mass is 19.2. The molecule has 1 N–H and O–H groups in total. The van der Waals surface area contributed by atoms with Crippen LogP contribution in [0.2, 0.25) is 0 Å². The van der Waals surface area contributed by atoms with Crippen LogP contribution >= 0.6 is 0 Å². The Morgan fingerprint density at radius 3 is 2.53 bits per heavy atom. The van der Waals surface area contributed by atoms with Gasteiger partial charge in [0.2, 0.25) is 0 Å². The van der Waals surface area contributed by atoms with Crippen molar-refractivity contribution in [3.05, 3.63) is 45.5 Å². The third kappa shape index (κ3) is 1.92. The molecule has 0 atom stereocenters. The van der Waals surface area contributed by atoms with Crippen molar-refractivity contribution in [2.45, 2.75) is 19.8 Å². The second-order valence-electron chi connectivity index (χ2n) is 3.82. The Labute approximate surface area is 95.1 Å². The van der Waals surface area contributed by atoms with E-state index in [2.05, 4.69) is 4.98 Å². The summed E-state index contributed by atoms with van der Waals surface area (Å²) in [6, 6.07) is 2.01. The zero-order valence-corrected chi connectivity index (χ0v) is 9.11. The lowest BCUT2D eigenvalue weighted by Gasteiger charge is -2.05. The molecule has 5 heteroatoms. The van der Waals surface area contributed by atoms with Gasteiger partial charge in [-0.15, -0.1) is 0 Å². The Morgan fingerprint density at radius 2 is 1.88 bits per heavy atom. The van der Waals surface area contributed by atoms with Crippen LogP contribution in [0.1, 0.15) is 19.0 Å². The molecule has 0 fully saturated rings. The van der Waals surface area contributed by atoms with E-state index in [9.17, 15) is 18.0 Å². The van der Waals surface area contributed by atoms with E-state index in [1.54, 1.807) is 0 Å². The lowest BCUT2D eigenvalue weighted by Crippen LogP contribution is -2.09. The van der Waals surface area contributed by atoms with Crippen molar-refractivity contribution in [3.8, 4) is 0 Å². The molecule has 0 saturated heterocycles. The number of benzene rings is 1. The number of aryl methyl sites for hydroxylation is 1. The van der Waals surface area contributed by atoms with E-state index in [4.69, 9.17) is 0 Å². The van der Waals surface area contributed by atoms with E-state index < -0.39 is 28.3 Å². The largest absolute Gasteiger partial charge is 0.358 e. The van der Waals surface area contributed by atoms with Crippen molar-refractivity contribution in [2.24, 2.45) is 0 Å². The Hall–Kier alpha value is -1.78. The second-order valence-corrected chi connectivity index (χ2v) is 3.82. The summed E-state index contributed by atoms with van der Waals surface area (Å²) < 4.78 is 39.4. The Morgan fingerprint density at radius 1 is 1.18 bits per heavy atom. The van der Waals surface area contributed by atoms with E-state index in [1.807, 2.05) is 6.92 Å². The molecule has 0 bridgehead atoms. The normalized spacial score (nSPS) is 11.1. The third-order valence-corrected chi connectivity index (χ3v) is 2.53. The van der Waals surface area contributed by atoms with Crippen LogP contribution in [-0.2, 0) is 6.42 Å². The molecule has 0 aliphatic carbocycles. The first kappa shape index (κ1) is 11.7. The van der Waals surface area contributed by atoms with Crippen molar-refractivity contribution in [1.29, 1.82) is 0 Å². The second kappa shape index (κ2) is 4.24. The topological polar surface area (TPSA) is 32.9 Å². The zero-order chi connectivity index (χ0) is 12.6. The molecule has 2 nitrogen and oxygen atoms in total. The van der Waals surface area contributed by atoms with E-state index in [1.165, 1.54) is 6.07 Å². The van der Waals surface area contributed by atoms with E-state index >= 15 is 0 Å². The smallest absolute Gasteiger partial charge is 0.195 e. The van der Waals surface area contributed by atoms with Crippen LogP contribution in [0.4, 0.5) is 13.2 Å². The first-order valence-corrected chi connectivity index (χ1v) is 5.24. The lowest BCUT2D eigenvalue weighted by molar-refractivity contribution is 0.453. The minimum Gasteiger partial charge on any atom is -0.358 e. The number of aromatic nitrogens is 1. The van der Waals surface area contributed by atoms with Gasteiger partial charge in [-0.1, -0.05) is 13.3 Å². The quantitative estimate of drug-likeness (QED) is 0.806. The molecule has 2 rings (SSSR count). The first-order chi connectivity index (χ1) is 8.04. The fraction of sp³-hybridized carbons (Fsp3) is 0.250. The van der Waals surface area contributed by atoms with Crippen LogP contribution in [0.25, 0.3) is 10.9 Å². The van der Waals surface area contributed by atoms with Gasteiger partial charge in [0.05, 0.1) is 10.9 Å². The van der Waals surface area contributed by atoms with Gasteiger partial charge in [0, 0.05) is 17.8 Å². The van der Waals surface area contributed by atoms with Crippen molar-refractivity contribution in [1.82, 2.24) is 4.98 Å². The van der Waals surface area contributed by atoms with Crippen LogP contribution in [0.5, 0.6) is 0 Å². The van der Waals surface area contributed by atoms with Gasteiger partial charge in [-0.05, 0) is 6.42 Å². The number of nitrogens with one attached hydrogen (secondary N) is 1. The highest BCUT2D eigenvalue weighted by Crippen LogP contribution is 2.19. The Bertz CT molecular complexity index is 634. The number of hydrogen-bond donors (Lipinski definition) is 1. The van der Waals surface area contributed by atoms with Crippen molar-refractivity contribution in [3.63, 3.8) is 0 Å². The fourth-order valence-electron chi connectivity index (χ4n) is 1.78. The number of H-pyrrole nitrogens is 1. The molecular weight excluding hydrogens is 231 g/mol. The molecule has 1 aromatic carbocycles. The van der Waals surface area contributed by atoms with Crippen LogP contribution in [0.3, 0.4) is 0 Å². The van der Waals surface area contributed by atoms with Crippen molar-refractivity contribution in [2.75, 3.05) is 0 Å². The number of aromatic amines is 1. The number of pyridine rings is 1. The van der Waals surface area contributed by atoms with Crippen LogP contribution in [0, 0.1) is 17.5 Å². The molecule has 0 aliphatic rings. The van der Waals surface area contributed by atoms with Gasteiger partial charge in [0.15, 0.2) is 22.9 Å². The van der Waals surface area contributed by atoms with Gasteiger partial charge >= 0.3 is 0 Å². The lowest BCUT2D eigenvalue weighted by atomic mass is 10.1. The monoisotopic (exact) mass is 241 g/mol. The van der Waals surface area contributed by atoms with E-state index in [-0.39, 0.29) is 5.52 Å². The van der Waals surface area contributed by atoms with Gasteiger partial charge < -0.3 is 4.98 Å². The number of fused-ring (bicyclic) bond motifs is 1. The molecule has 17 heavy (non-hydrogen) atoms. The SMILES string of the molecule is CCCc1cc(=O)c2c(F)c(F)c(F)cc2[nH]1. The average Bonchev–Trinajstić information content (AvgIpc) is 2.25. The number of halogens is 3. The summed E-state index contributed by atoms with van der Waals surface area (Å²) in [5, 5.41) is -0.441. The standard InChI is InChI=1S/C12H10F3NO/c1-2-3-6-4-9(17)10-8(16-6)5-7(13)11(14)12(10)15/h4-5H,2-3H2,1H3,(H,16,17). The van der Waals surface area contributed by atoms with Crippen LogP contribution in [0.15, 0.2) is 16.9 Å². The van der Waals surface area contributed by atoms with Crippen LogP contribution in [-0.4, -0.2) is 4.98 Å². The summed E-state index contributed by atoms with van der Waals surface area (Å²) in [5.74, 6) is -4.37. The maximum Gasteiger partial charge on any atom is 0.195 e. The maximum absolute atomic E-state index is 13.4. The summed E-state index contributed by atoms with van der Waals surface area (Å²) in [4.78, 5) is 14.3. The molecule has 0 aliphatic heterocycles. The van der Waals surface area contributed by atoms with Gasteiger partial charge in [0.1, 0.15) is 0 Å². The molecule has 1 aromatic heterocycles. The summed E-state index contributed by atoms with van der Waals surface area (Å²) >= 11 is 0. The Balaban J connectivity index is 2.82. The third-order valence-electron chi connectivity index (χ3n) is 2.53. The number of hydrogen-bond acceptors (Lipinski definition) is 1. The summed E-state index contributed by atoms with van der Waals surface area (Å²) in [7, 11) is 0. The average molecular weight is 241 g/mol. The van der Waals surface area contributed by atoms with Gasteiger partial charge in [-0.3, -0.25) is 4.79 Å². The molecule has 90 valence electrons. The zero-order valence-electron chi connectivity index (χ0n) is 9.11. The summed E-state index contributed by atoms with van der Waals surface area (Å²) in [5.41, 5.74) is -0.0774. The first-order valence-electron chi connectivity index (χ1n) is 5.24. The number of rotatable bonds is 2. The fourth-order valence-corrected chi connectivity index (χ4v) is 1.78. The predicted molar refractivity (Wildman–Crippen MR) is 58.4 cm³/mol. The molecule has 0 saturated carbocycles. The molecule has 0 radical (unpaired) electrons. The molecule has 0 unspecified atom stereocenters. The minimum atomic E-state index is -1.62. The van der Waals surface area contributed by atoms with Gasteiger partial charge in [-0.25, -0.2) is 13.2 Å². The highest BCUT2D eigenvalue weighted by molar-refractivity contribution is 5.79. The Kier molecular flexibility index (Phi) is 2.92. The molecule has 2 aromatic rings. The van der Waals surface area contributed by atoms with Gasteiger partial charge in [-0.2, -0.15) is 0 Å². The van der Waals surface area contributed by atoms with Crippen molar-refractivity contribution < 1.29 is 13.2 Å². The summed E-state index contributed by atoms with van der Waals surface area (Å²) in [6.07, 6.45) is 1.37. The van der Waals surface area contributed by atoms with Crippen molar-refractivity contribution >= 4 is 10.9 Å². The predicted octanol–water partition coefficient (Wildman–Crippen LogP) is 2.90. The summed E-state index contributed by atoms with van der Waals surface area (Å²) in [6.45, 7) is 1.91. The molecule has 0 spiro atoms. The highest BCUT2D eigenvalue weighted by Gasteiger charge is 2.16.